The summed E-state index contributed by atoms with van der Waals surface area (Å²) in [6, 6.07) is 5.80. The summed E-state index contributed by atoms with van der Waals surface area (Å²) in [5, 5.41) is 13.5. The van der Waals surface area contributed by atoms with Gasteiger partial charge in [-0.2, -0.15) is 13.2 Å². The molecule has 2 unspecified atom stereocenters. The third-order valence-electron chi connectivity index (χ3n) is 4.02. The van der Waals surface area contributed by atoms with E-state index in [1.807, 2.05) is 0 Å². The molecule has 1 aliphatic heterocycles. The van der Waals surface area contributed by atoms with Gasteiger partial charge in [-0.05, 0) is 24.1 Å². The highest BCUT2D eigenvalue weighted by Crippen LogP contribution is 2.36. The molecule has 0 saturated carbocycles. The molecular formula is C16H15F3N2O3. The van der Waals surface area contributed by atoms with Crippen molar-refractivity contribution in [3.05, 3.63) is 53.4 Å². The lowest BCUT2D eigenvalue weighted by atomic mass is 10.0. The molecule has 0 bridgehead atoms. The molecule has 0 aliphatic carbocycles. The smallest absolute Gasteiger partial charge is 0.391 e. The van der Waals surface area contributed by atoms with Crippen LogP contribution < -0.4 is 0 Å². The normalized spacial score (nSPS) is 21.2. The predicted molar refractivity (Wildman–Crippen MR) is 76.7 cm³/mol. The number of likely N-dealkylation sites (tertiary alicyclic amines) is 1. The molecule has 3 rings (SSSR count). The second-order valence-corrected chi connectivity index (χ2v) is 5.74. The maximum Gasteiger partial charge on any atom is 0.416 e. The number of hydrogen-bond acceptors (Lipinski definition) is 4. The first-order valence-corrected chi connectivity index (χ1v) is 7.38. The molecule has 1 N–H and O–H groups in total. The van der Waals surface area contributed by atoms with Crippen LogP contribution in [0.3, 0.4) is 0 Å². The number of aromatic nitrogens is 1. The first-order chi connectivity index (χ1) is 11.3. The van der Waals surface area contributed by atoms with Crippen LogP contribution in [0.25, 0.3) is 0 Å². The Balaban J connectivity index is 1.84. The summed E-state index contributed by atoms with van der Waals surface area (Å²) in [6.07, 6.45) is -3.72. The van der Waals surface area contributed by atoms with Crippen LogP contribution in [-0.2, 0) is 17.4 Å². The third-order valence-corrected chi connectivity index (χ3v) is 4.02. The summed E-state index contributed by atoms with van der Waals surface area (Å²) in [5.41, 5.74) is 0.0179. The highest BCUT2D eigenvalue weighted by Gasteiger charge is 2.37. The standard InChI is InChI=1S/C16H15F3N2O3/c17-16(18,19)11-3-1-2-10(6-11)14-8-13(22)9-21(14)15(23)7-12-4-5-24-20-12/h1-6,13-14,22H,7-9H2. The molecule has 2 atom stereocenters. The van der Waals surface area contributed by atoms with Crippen LogP contribution in [0.2, 0.25) is 0 Å². The average Bonchev–Trinajstić information content (AvgIpc) is 3.16. The zero-order chi connectivity index (χ0) is 17.3. The summed E-state index contributed by atoms with van der Waals surface area (Å²) in [7, 11) is 0. The van der Waals surface area contributed by atoms with Gasteiger partial charge in [-0.1, -0.05) is 17.3 Å². The molecule has 1 fully saturated rings. The lowest BCUT2D eigenvalue weighted by Gasteiger charge is -2.25. The van der Waals surface area contributed by atoms with Gasteiger partial charge >= 0.3 is 6.18 Å². The lowest BCUT2D eigenvalue weighted by molar-refractivity contribution is -0.137. The summed E-state index contributed by atoms with van der Waals surface area (Å²) in [6.45, 7) is 0.0809. The van der Waals surface area contributed by atoms with E-state index >= 15 is 0 Å². The number of aliphatic hydroxyl groups excluding tert-OH is 1. The van der Waals surface area contributed by atoms with Crippen LogP contribution >= 0.6 is 0 Å². The van der Waals surface area contributed by atoms with Crippen LogP contribution in [0, 0.1) is 0 Å². The number of β-amino-alcohol motifs (C(OH)–C–C–N with tert-alkyl or cyclic N) is 1. The summed E-state index contributed by atoms with van der Waals surface area (Å²) in [5.74, 6) is -0.317. The van der Waals surface area contributed by atoms with Gasteiger partial charge in [0.2, 0.25) is 5.91 Å². The number of carbonyl (C=O) groups is 1. The number of amides is 1. The van der Waals surface area contributed by atoms with Gasteiger partial charge in [-0.25, -0.2) is 0 Å². The van der Waals surface area contributed by atoms with Gasteiger partial charge in [0.05, 0.1) is 29.8 Å². The zero-order valence-corrected chi connectivity index (χ0v) is 12.5. The number of benzene rings is 1. The SMILES string of the molecule is O=C(Cc1ccon1)N1CC(O)CC1c1cccc(C(F)(F)F)c1. The number of nitrogens with zero attached hydrogens (tertiary/aromatic N) is 2. The van der Waals surface area contributed by atoms with E-state index in [0.717, 1.165) is 12.1 Å². The number of halogens is 3. The van der Waals surface area contributed by atoms with Crippen LogP contribution in [-0.4, -0.2) is 33.7 Å². The molecule has 1 aliphatic rings. The maximum absolute atomic E-state index is 12.9. The molecule has 0 radical (unpaired) electrons. The molecular weight excluding hydrogens is 325 g/mol. The van der Waals surface area contributed by atoms with E-state index < -0.39 is 23.9 Å². The molecule has 0 spiro atoms. The number of carbonyl (C=O) groups excluding carboxylic acids is 1. The number of aliphatic hydroxyl groups is 1. The van der Waals surface area contributed by atoms with Crippen molar-refractivity contribution in [3.8, 4) is 0 Å². The van der Waals surface area contributed by atoms with Gasteiger partial charge in [-0.15, -0.1) is 0 Å². The molecule has 1 aromatic carbocycles. The van der Waals surface area contributed by atoms with Crippen molar-refractivity contribution < 1.29 is 27.6 Å². The fourth-order valence-electron chi connectivity index (χ4n) is 2.91. The van der Waals surface area contributed by atoms with E-state index in [-0.39, 0.29) is 25.3 Å². The van der Waals surface area contributed by atoms with E-state index in [1.165, 1.54) is 23.3 Å². The van der Waals surface area contributed by atoms with Crippen LogP contribution in [0.4, 0.5) is 13.2 Å². The summed E-state index contributed by atoms with van der Waals surface area (Å²) < 4.78 is 43.3. The molecule has 2 aromatic rings. The van der Waals surface area contributed by atoms with Crippen molar-refractivity contribution in [2.75, 3.05) is 6.54 Å². The molecule has 1 amide bonds. The first-order valence-electron chi connectivity index (χ1n) is 7.38. The van der Waals surface area contributed by atoms with E-state index in [4.69, 9.17) is 0 Å². The van der Waals surface area contributed by atoms with Crippen molar-refractivity contribution >= 4 is 5.91 Å². The molecule has 8 heteroatoms. The highest BCUT2D eigenvalue weighted by atomic mass is 19.4. The highest BCUT2D eigenvalue weighted by molar-refractivity contribution is 5.79. The summed E-state index contributed by atoms with van der Waals surface area (Å²) in [4.78, 5) is 13.8. The minimum atomic E-state index is -4.46. The van der Waals surface area contributed by atoms with Crippen LogP contribution in [0.5, 0.6) is 0 Å². The Morgan fingerprint density at radius 1 is 1.38 bits per heavy atom. The largest absolute Gasteiger partial charge is 0.416 e. The molecule has 1 aromatic heterocycles. The Kier molecular flexibility index (Phi) is 4.31. The Labute approximate surface area is 135 Å². The fourth-order valence-corrected chi connectivity index (χ4v) is 2.91. The number of alkyl halides is 3. The molecule has 1 saturated heterocycles. The van der Waals surface area contributed by atoms with Gasteiger partial charge in [0.25, 0.3) is 0 Å². The second kappa shape index (κ2) is 6.27. The number of hydrogen-bond donors (Lipinski definition) is 1. The van der Waals surface area contributed by atoms with Crippen molar-refractivity contribution in [2.24, 2.45) is 0 Å². The predicted octanol–water partition coefficient (Wildman–Crippen LogP) is 2.57. The third kappa shape index (κ3) is 3.43. The minimum Gasteiger partial charge on any atom is -0.391 e. The quantitative estimate of drug-likeness (QED) is 0.933. The Bertz CT molecular complexity index is 716. The van der Waals surface area contributed by atoms with E-state index in [2.05, 4.69) is 9.68 Å². The van der Waals surface area contributed by atoms with Gasteiger partial charge < -0.3 is 14.5 Å². The molecule has 2 heterocycles. The molecule has 5 nitrogen and oxygen atoms in total. The van der Waals surface area contributed by atoms with Crippen molar-refractivity contribution in [1.29, 1.82) is 0 Å². The zero-order valence-electron chi connectivity index (χ0n) is 12.5. The van der Waals surface area contributed by atoms with Crippen molar-refractivity contribution in [1.82, 2.24) is 10.1 Å². The monoisotopic (exact) mass is 340 g/mol. The van der Waals surface area contributed by atoms with E-state index in [9.17, 15) is 23.1 Å². The van der Waals surface area contributed by atoms with Gasteiger partial charge in [0.15, 0.2) is 0 Å². The summed E-state index contributed by atoms with van der Waals surface area (Å²) >= 11 is 0. The lowest BCUT2D eigenvalue weighted by Crippen LogP contribution is -2.33. The van der Waals surface area contributed by atoms with Crippen molar-refractivity contribution in [3.63, 3.8) is 0 Å². The van der Waals surface area contributed by atoms with Gasteiger partial charge in [0.1, 0.15) is 6.26 Å². The van der Waals surface area contributed by atoms with Crippen LogP contribution in [0.15, 0.2) is 41.1 Å². The Morgan fingerprint density at radius 3 is 2.83 bits per heavy atom. The molecule has 24 heavy (non-hydrogen) atoms. The average molecular weight is 340 g/mol. The van der Waals surface area contributed by atoms with Gasteiger partial charge in [0, 0.05) is 12.6 Å². The van der Waals surface area contributed by atoms with E-state index in [0.29, 0.717) is 11.3 Å². The Hall–Kier alpha value is -2.35. The van der Waals surface area contributed by atoms with Gasteiger partial charge in [-0.3, -0.25) is 4.79 Å². The maximum atomic E-state index is 12.9. The number of rotatable bonds is 3. The minimum absolute atomic E-state index is 0.0291. The second-order valence-electron chi connectivity index (χ2n) is 5.74. The topological polar surface area (TPSA) is 66.6 Å². The van der Waals surface area contributed by atoms with Crippen LogP contribution in [0.1, 0.15) is 29.3 Å². The fraction of sp³-hybridized carbons (Fsp3) is 0.375. The van der Waals surface area contributed by atoms with Crippen molar-refractivity contribution in [2.45, 2.75) is 31.2 Å². The van der Waals surface area contributed by atoms with E-state index in [1.54, 1.807) is 6.07 Å². The first kappa shape index (κ1) is 16.5. The Morgan fingerprint density at radius 2 is 2.17 bits per heavy atom. The molecule has 128 valence electrons.